The molecule has 12 N–H and O–H groups in total. The summed E-state index contributed by atoms with van der Waals surface area (Å²) in [6, 6.07) is 0. The van der Waals surface area contributed by atoms with E-state index in [-0.39, 0.29) is 18.9 Å². The van der Waals surface area contributed by atoms with Gasteiger partial charge in [-0.25, -0.2) is 0 Å². The number of hydrogen-bond acceptors (Lipinski definition) is 15. The van der Waals surface area contributed by atoms with Gasteiger partial charge in [0.2, 0.25) is 0 Å². The summed E-state index contributed by atoms with van der Waals surface area (Å²) in [5.41, 5.74) is 0. The fourth-order valence-corrected chi connectivity index (χ4v) is 1.25. The minimum atomic E-state index is -1.64. The van der Waals surface area contributed by atoms with Crippen LogP contribution in [0.3, 0.4) is 0 Å². The first kappa shape index (κ1) is 33.2. The number of aldehydes is 3. The van der Waals surface area contributed by atoms with Crippen molar-refractivity contribution in [2.45, 2.75) is 54.9 Å². The van der Waals surface area contributed by atoms with Crippen molar-refractivity contribution in [3.63, 3.8) is 0 Å². The Bertz CT molecular complexity index is 374. The van der Waals surface area contributed by atoms with E-state index in [2.05, 4.69) is 0 Å². The van der Waals surface area contributed by atoms with Gasteiger partial charge in [-0.3, -0.25) is 0 Å². The van der Waals surface area contributed by atoms with Gasteiger partial charge in [0.25, 0.3) is 0 Å². The zero-order valence-electron chi connectivity index (χ0n) is 15.6. The number of rotatable bonds is 12. The maximum Gasteiger partial charge on any atom is 0.151 e. The van der Waals surface area contributed by atoms with Crippen molar-refractivity contribution < 1.29 is 75.7 Å². The predicted octanol–water partition coefficient (Wildman–Crippen LogP) is -8.22. The summed E-state index contributed by atoms with van der Waals surface area (Å²) >= 11 is 0. The highest BCUT2D eigenvalue weighted by Crippen LogP contribution is 1.97. The van der Waals surface area contributed by atoms with Crippen LogP contribution in [0.4, 0.5) is 0 Å². The molecule has 0 aliphatic heterocycles. The molecule has 15 nitrogen and oxygen atoms in total. The molecule has 0 heterocycles. The van der Waals surface area contributed by atoms with Gasteiger partial charge in [0.1, 0.15) is 54.9 Å². The first-order valence-electron chi connectivity index (χ1n) is 8.20. The Morgan fingerprint density at radius 3 is 0.700 bits per heavy atom. The first-order valence-corrected chi connectivity index (χ1v) is 8.20. The number of aliphatic hydroxyl groups is 12. The molecule has 0 aromatic heterocycles. The molecule has 15 heteroatoms. The molecule has 30 heavy (non-hydrogen) atoms. The Morgan fingerprint density at radius 2 is 0.600 bits per heavy atom. The SMILES string of the molecule is O=C[C@@H](O)[C@H](O)[C@H](O)CO.O=C[C@@H](O)[C@H](O)[C@H](O)CO.O=C[C@H](O)[C@@H](O)[C@H](O)CO. The lowest BCUT2D eigenvalue weighted by Crippen LogP contribution is -2.40. The zero-order valence-corrected chi connectivity index (χ0v) is 15.6. The molecule has 0 saturated heterocycles. The van der Waals surface area contributed by atoms with Gasteiger partial charge >= 0.3 is 0 Å². The van der Waals surface area contributed by atoms with Crippen molar-refractivity contribution in [1.82, 2.24) is 0 Å². The third-order valence-corrected chi connectivity index (χ3v) is 3.21. The summed E-state index contributed by atoms with van der Waals surface area (Å²) in [6.45, 7) is -2.07. The molecule has 0 fully saturated rings. The summed E-state index contributed by atoms with van der Waals surface area (Å²) in [6.07, 6.45) is -13.9. The lowest BCUT2D eigenvalue weighted by atomic mass is 10.1. The Kier molecular flexibility index (Phi) is 21.6. The average molecular weight is 450 g/mol. The van der Waals surface area contributed by atoms with E-state index in [1.807, 2.05) is 0 Å². The lowest BCUT2D eigenvalue weighted by Gasteiger charge is -2.16. The molecular formula is C15H30O15. The Balaban J connectivity index is -0.000000364. The molecule has 180 valence electrons. The van der Waals surface area contributed by atoms with Crippen molar-refractivity contribution in [3.8, 4) is 0 Å². The highest BCUT2D eigenvalue weighted by atomic mass is 16.4. The van der Waals surface area contributed by atoms with Gasteiger partial charge in [0.15, 0.2) is 18.9 Å². The van der Waals surface area contributed by atoms with Gasteiger partial charge < -0.3 is 75.7 Å². The summed E-state index contributed by atoms with van der Waals surface area (Å²) in [7, 11) is 0. The monoisotopic (exact) mass is 450 g/mol. The van der Waals surface area contributed by atoms with Crippen LogP contribution in [0.1, 0.15) is 0 Å². The van der Waals surface area contributed by atoms with Crippen LogP contribution >= 0.6 is 0 Å². The number of carbonyl (C=O) groups excluding carboxylic acids is 3. The molecule has 0 spiro atoms. The van der Waals surface area contributed by atoms with Crippen LogP contribution in [-0.2, 0) is 14.4 Å². The van der Waals surface area contributed by atoms with E-state index in [1.165, 1.54) is 0 Å². The second-order valence-corrected chi connectivity index (χ2v) is 5.60. The molecule has 0 aromatic carbocycles. The second-order valence-electron chi connectivity index (χ2n) is 5.60. The van der Waals surface area contributed by atoms with E-state index in [9.17, 15) is 14.4 Å². The van der Waals surface area contributed by atoms with Crippen LogP contribution in [0, 0.1) is 0 Å². The van der Waals surface area contributed by atoms with Crippen molar-refractivity contribution in [3.05, 3.63) is 0 Å². The van der Waals surface area contributed by atoms with Crippen LogP contribution < -0.4 is 0 Å². The van der Waals surface area contributed by atoms with Crippen molar-refractivity contribution in [2.75, 3.05) is 19.8 Å². The molecule has 0 aliphatic rings. The molecule has 0 radical (unpaired) electrons. The predicted molar refractivity (Wildman–Crippen MR) is 93.5 cm³/mol. The summed E-state index contributed by atoms with van der Waals surface area (Å²) in [5.74, 6) is 0. The van der Waals surface area contributed by atoms with Crippen molar-refractivity contribution in [2.24, 2.45) is 0 Å². The maximum absolute atomic E-state index is 9.76. The van der Waals surface area contributed by atoms with Gasteiger partial charge in [0.05, 0.1) is 19.8 Å². The molecule has 0 saturated carbocycles. The lowest BCUT2D eigenvalue weighted by molar-refractivity contribution is -0.128. The highest BCUT2D eigenvalue weighted by molar-refractivity contribution is 5.57. The Labute approximate surface area is 170 Å². The van der Waals surface area contributed by atoms with E-state index in [0.29, 0.717) is 0 Å². The molecule has 0 rings (SSSR count). The summed E-state index contributed by atoms with van der Waals surface area (Å²) in [5, 5.41) is 102. The van der Waals surface area contributed by atoms with E-state index < -0.39 is 74.8 Å². The minimum absolute atomic E-state index is 0.0869. The standard InChI is InChI=1S/3C5H10O5/c3*6-1-3(8)5(10)4(9)2-7/h3*1,3-5,7-10H,2H2/t3-,4+,5+;2*3-,4-,5+/m011/s1. The van der Waals surface area contributed by atoms with E-state index in [4.69, 9.17) is 61.3 Å². The molecule has 0 bridgehead atoms. The van der Waals surface area contributed by atoms with Crippen LogP contribution in [0.5, 0.6) is 0 Å². The van der Waals surface area contributed by atoms with E-state index >= 15 is 0 Å². The van der Waals surface area contributed by atoms with Crippen LogP contribution in [0.2, 0.25) is 0 Å². The summed E-state index contributed by atoms with van der Waals surface area (Å²) in [4.78, 5) is 29.3. The Hall–Kier alpha value is -1.47. The van der Waals surface area contributed by atoms with Gasteiger partial charge in [-0.05, 0) is 0 Å². The van der Waals surface area contributed by atoms with Gasteiger partial charge in [-0.2, -0.15) is 0 Å². The largest absolute Gasteiger partial charge is 0.394 e. The fraction of sp³-hybridized carbons (Fsp3) is 0.800. The first-order chi connectivity index (χ1) is 13.9. The molecule has 0 aromatic rings. The quantitative estimate of drug-likeness (QED) is 0.123. The second kappa shape index (κ2) is 19.5. The normalized spacial score (nSPS) is 19.6. The third-order valence-electron chi connectivity index (χ3n) is 3.21. The van der Waals surface area contributed by atoms with Crippen LogP contribution in [0.25, 0.3) is 0 Å². The van der Waals surface area contributed by atoms with Gasteiger partial charge in [-0.1, -0.05) is 0 Å². The smallest absolute Gasteiger partial charge is 0.151 e. The number of aliphatic hydroxyl groups excluding tert-OH is 12. The minimum Gasteiger partial charge on any atom is -0.394 e. The summed E-state index contributed by atoms with van der Waals surface area (Å²) < 4.78 is 0. The molecule has 0 unspecified atom stereocenters. The number of hydrogen-bond donors (Lipinski definition) is 12. The fourth-order valence-electron chi connectivity index (χ4n) is 1.25. The van der Waals surface area contributed by atoms with Gasteiger partial charge in [0, 0.05) is 0 Å². The average Bonchev–Trinajstić information content (AvgIpc) is 2.79. The molecular weight excluding hydrogens is 420 g/mol. The van der Waals surface area contributed by atoms with E-state index in [1.54, 1.807) is 0 Å². The molecule has 0 amide bonds. The Morgan fingerprint density at radius 1 is 0.433 bits per heavy atom. The topological polar surface area (TPSA) is 294 Å². The highest BCUT2D eigenvalue weighted by Gasteiger charge is 2.24. The van der Waals surface area contributed by atoms with Crippen molar-refractivity contribution >= 4 is 18.9 Å². The number of carbonyl (C=O) groups is 3. The zero-order chi connectivity index (χ0) is 24.4. The maximum atomic E-state index is 9.76. The molecule has 0 aliphatic carbocycles. The van der Waals surface area contributed by atoms with Crippen LogP contribution in [-0.4, -0.2) is 155 Å². The van der Waals surface area contributed by atoms with Crippen molar-refractivity contribution in [1.29, 1.82) is 0 Å². The molecule has 9 atom stereocenters. The van der Waals surface area contributed by atoms with Crippen LogP contribution in [0.15, 0.2) is 0 Å². The van der Waals surface area contributed by atoms with E-state index in [0.717, 1.165) is 0 Å². The van der Waals surface area contributed by atoms with Gasteiger partial charge in [-0.15, -0.1) is 0 Å². The third kappa shape index (κ3) is 14.5.